The second kappa shape index (κ2) is 7.49. The fourth-order valence-electron chi connectivity index (χ4n) is 2.16. The summed E-state index contributed by atoms with van der Waals surface area (Å²) < 4.78 is 6.09. The Hall–Kier alpha value is -3.00. The Morgan fingerprint density at radius 2 is 1.96 bits per heavy atom. The quantitative estimate of drug-likeness (QED) is 0.672. The second-order valence-electron chi connectivity index (χ2n) is 5.95. The molecule has 0 fully saturated rings. The Bertz CT molecular complexity index is 969. The fourth-order valence-corrected chi connectivity index (χ4v) is 2.80. The predicted octanol–water partition coefficient (Wildman–Crippen LogP) is 3.04. The maximum absolute atomic E-state index is 12.4. The fraction of sp³-hybridized carbons (Fsp3) is 0.222. The molecule has 8 heteroatoms. The highest BCUT2D eigenvalue weighted by Crippen LogP contribution is 2.21. The van der Waals surface area contributed by atoms with Crippen LogP contribution in [0.1, 0.15) is 24.2 Å². The van der Waals surface area contributed by atoms with Crippen molar-refractivity contribution < 1.29 is 14.0 Å². The van der Waals surface area contributed by atoms with E-state index in [1.807, 2.05) is 11.4 Å². The van der Waals surface area contributed by atoms with Crippen LogP contribution in [0.4, 0.5) is 5.69 Å². The van der Waals surface area contributed by atoms with Gasteiger partial charge in [-0.3, -0.25) is 9.59 Å². The van der Waals surface area contributed by atoms with Crippen molar-refractivity contribution in [1.29, 1.82) is 0 Å². The van der Waals surface area contributed by atoms with Crippen LogP contribution < -0.4 is 11.1 Å². The van der Waals surface area contributed by atoms with E-state index < -0.39 is 5.76 Å². The SMILES string of the molecule is CC(C)C(=O)Nc1ccc(C(=O)Cn2nc(-c3cccs3)oc2=O)cc1. The smallest absolute Gasteiger partial charge is 0.387 e. The van der Waals surface area contributed by atoms with Crippen molar-refractivity contribution in [3.05, 3.63) is 57.9 Å². The van der Waals surface area contributed by atoms with Crippen LogP contribution in [-0.2, 0) is 11.3 Å². The van der Waals surface area contributed by atoms with Crippen LogP contribution in [0, 0.1) is 5.92 Å². The molecule has 134 valence electrons. The van der Waals surface area contributed by atoms with Crippen molar-refractivity contribution in [3.63, 3.8) is 0 Å². The number of Topliss-reactive ketones (excluding diaryl/α,β-unsaturated/α-hetero) is 1. The number of aromatic nitrogens is 2. The van der Waals surface area contributed by atoms with Gasteiger partial charge in [-0.15, -0.1) is 16.4 Å². The predicted molar refractivity (Wildman–Crippen MR) is 98.3 cm³/mol. The van der Waals surface area contributed by atoms with Gasteiger partial charge in [0, 0.05) is 17.2 Å². The van der Waals surface area contributed by atoms with Gasteiger partial charge < -0.3 is 9.73 Å². The van der Waals surface area contributed by atoms with Crippen LogP contribution in [0.5, 0.6) is 0 Å². The molecule has 7 nitrogen and oxygen atoms in total. The number of amides is 1. The van der Waals surface area contributed by atoms with E-state index >= 15 is 0 Å². The highest BCUT2D eigenvalue weighted by Gasteiger charge is 2.15. The largest absolute Gasteiger partial charge is 0.437 e. The van der Waals surface area contributed by atoms with Crippen LogP contribution in [0.2, 0.25) is 0 Å². The number of anilines is 1. The second-order valence-corrected chi connectivity index (χ2v) is 6.90. The minimum atomic E-state index is -0.678. The van der Waals surface area contributed by atoms with E-state index in [-0.39, 0.29) is 30.0 Å². The Kier molecular flexibility index (Phi) is 5.13. The summed E-state index contributed by atoms with van der Waals surface area (Å²) in [7, 11) is 0. The average Bonchev–Trinajstić information content (AvgIpc) is 3.26. The van der Waals surface area contributed by atoms with Crippen molar-refractivity contribution in [2.24, 2.45) is 5.92 Å². The zero-order valence-electron chi connectivity index (χ0n) is 14.3. The Labute approximate surface area is 153 Å². The van der Waals surface area contributed by atoms with Crippen LogP contribution in [0.15, 0.2) is 51.0 Å². The molecule has 0 radical (unpaired) electrons. The van der Waals surface area contributed by atoms with E-state index in [0.717, 1.165) is 9.56 Å². The van der Waals surface area contributed by atoms with Gasteiger partial charge in [-0.25, -0.2) is 4.79 Å². The molecule has 0 aliphatic heterocycles. The lowest BCUT2D eigenvalue weighted by Gasteiger charge is -2.08. The first-order chi connectivity index (χ1) is 12.4. The third-order valence-electron chi connectivity index (χ3n) is 3.63. The van der Waals surface area contributed by atoms with E-state index in [9.17, 15) is 14.4 Å². The molecule has 0 unspecified atom stereocenters. The monoisotopic (exact) mass is 371 g/mol. The van der Waals surface area contributed by atoms with E-state index in [1.165, 1.54) is 11.3 Å². The molecule has 1 aromatic carbocycles. The summed E-state index contributed by atoms with van der Waals surface area (Å²) in [6, 6.07) is 10.1. The summed E-state index contributed by atoms with van der Waals surface area (Å²) in [5.41, 5.74) is 1.03. The molecule has 3 aromatic rings. The molecule has 2 aromatic heterocycles. The number of hydrogen-bond donors (Lipinski definition) is 1. The summed E-state index contributed by atoms with van der Waals surface area (Å²) in [5, 5.41) is 8.66. The van der Waals surface area contributed by atoms with E-state index in [4.69, 9.17) is 4.42 Å². The first-order valence-electron chi connectivity index (χ1n) is 8.00. The molecule has 1 N–H and O–H groups in total. The maximum atomic E-state index is 12.4. The van der Waals surface area contributed by atoms with Gasteiger partial charge in [0.2, 0.25) is 5.91 Å². The molecule has 3 rings (SSSR count). The van der Waals surface area contributed by atoms with E-state index in [0.29, 0.717) is 11.3 Å². The maximum Gasteiger partial charge on any atom is 0.437 e. The standard InChI is InChI=1S/C18H17N3O4S/c1-11(2)16(23)19-13-7-5-12(6-8-13)14(22)10-21-18(24)25-17(20-21)15-4-3-9-26-15/h3-9,11H,10H2,1-2H3,(H,19,23). The lowest BCUT2D eigenvalue weighted by Crippen LogP contribution is -2.21. The molecule has 0 aliphatic rings. The molecular weight excluding hydrogens is 354 g/mol. The first kappa shape index (κ1) is 17.8. The summed E-state index contributed by atoms with van der Waals surface area (Å²) in [4.78, 5) is 36.7. The van der Waals surface area contributed by atoms with E-state index in [2.05, 4.69) is 10.4 Å². The van der Waals surface area contributed by atoms with Gasteiger partial charge in [0.15, 0.2) is 5.78 Å². The third-order valence-corrected chi connectivity index (χ3v) is 4.49. The Morgan fingerprint density at radius 1 is 1.23 bits per heavy atom. The lowest BCUT2D eigenvalue weighted by molar-refractivity contribution is -0.118. The third kappa shape index (κ3) is 3.97. The molecular formula is C18H17N3O4S. The number of hydrogen-bond acceptors (Lipinski definition) is 6. The van der Waals surface area contributed by atoms with Gasteiger partial charge in [-0.1, -0.05) is 19.9 Å². The molecule has 26 heavy (non-hydrogen) atoms. The minimum Gasteiger partial charge on any atom is -0.387 e. The zero-order chi connectivity index (χ0) is 18.7. The number of carbonyl (C=O) groups is 2. The van der Waals surface area contributed by atoms with Crippen LogP contribution in [-0.4, -0.2) is 21.5 Å². The number of nitrogens with one attached hydrogen (secondary N) is 1. The number of carbonyl (C=O) groups excluding carboxylic acids is 2. The minimum absolute atomic E-state index is 0.0978. The van der Waals surface area contributed by atoms with E-state index in [1.54, 1.807) is 44.2 Å². The molecule has 0 bridgehead atoms. The number of thiophene rings is 1. The lowest BCUT2D eigenvalue weighted by atomic mass is 10.1. The summed E-state index contributed by atoms with van der Waals surface area (Å²) in [5.74, 6) is -0.987. The summed E-state index contributed by atoms with van der Waals surface area (Å²) in [6.45, 7) is 3.38. The van der Waals surface area contributed by atoms with Gasteiger partial charge >= 0.3 is 5.76 Å². The van der Waals surface area contributed by atoms with Gasteiger partial charge in [-0.05, 0) is 35.7 Å². The molecule has 1 amide bonds. The summed E-state index contributed by atoms with van der Waals surface area (Å²) >= 11 is 1.39. The van der Waals surface area contributed by atoms with Crippen molar-refractivity contribution >= 4 is 28.7 Å². The molecule has 0 saturated heterocycles. The normalized spacial score (nSPS) is 10.9. The molecule has 0 aliphatic carbocycles. The molecule has 0 spiro atoms. The van der Waals surface area contributed by atoms with Crippen LogP contribution >= 0.6 is 11.3 Å². The summed E-state index contributed by atoms with van der Waals surface area (Å²) in [6.07, 6.45) is 0. The van der Waals surface area contributed by atoms with Crippen molar-refractivity contribution in [1.82, 2.24) is 9.78 Å². The number of rotatable bonds is 6. The number of nitrogens with zero attached hydrogens (tertiary/aromatic N) is 2. The van der Waals surface area contributed by atoms with Gasteiger partial charge in [0.05, 0.1) is 4.88 Å². The Morgan fingerprint density at radius 3 is 2.58 bits per heavy atom. The van der Waals surface area contributed by atoms with Crippen molar-refractivity contribution in [2.75, 3.05) is 5.32 Å². The molecule has 2 heterocycles. The van der Waals surface area contributed by atoms with Crippen molar-refractivity contribution in [2.45, 2.75) is 20.4 Å². The average molecular weight is 371 g/mol. The Balaban J connectivity index is 1.70. The van der Waals surface area contributed by atoms with Crippen LogP contribution in [0.3, 0.4) is 0 Å². The van der Waals surface area contributed by atoms with Gasteiger partial charge in [0.1, 0.15) is 6.54 Å². The van der Waals surface area contributed by atoms with Crippen molar-refractivity contribution in [3.8, 4) is 10.8 Å². The van der Waals surface area contributed by atoms with Crippen LogP contribution in [0.25, 0.3) is 10.8 Å². The van der Waals surface area contributed by atoms with Gasteiger partial charge in [0.25, 0.3) is 5.89 Å². The highest BCUT2D eigenvalue weighted by atomic mass is 32.1. The molecule has 0 saturated carbocycles. The molecule has 0 atom stereocenters. The van der Waals surface area contributed by atoms with Gasteiger partial charge in [-0.2, -0.15) is 4.68 Å². The first-order valence-corrected chi connectivity index (χ1v) is 8.88. The number of ketones is 1. The topological polar surface area (TPSA) is 94.2 Å². The zero-order valence-corrected chi connectivity index (χ0v) is 15.1. The number of benzene rings is 1. The highest BCUT2D eigenvalue weighted by molar-refractivity contribution is 7.13.